The molecule has 0 bridgehead atoms. The highest BCUT2D eigenvalue weighted by Crippen LogP contribution is 2.39. The van der Waals surface area contributed by atoms with Crippen molar-refractivity contribution in [2.24, 2.45) is 10.4 Å². The number of rotatable bonds is 5. The van der Waals surface area contributed by atoms with Gasteiger partial charge in [-0.25, -0.2) is 9.97 Å². The van der Waals surface area contributed by atoms with E-state index in [0.717, 1.165) is 70.3 Å². The van der Waals surface area contributed by atoms with Crippen LogP contribution in [0.3, 0.4) is 0 Å². The van der Waals surface area contributed by atoms with Gasteiger partial charge in [-0.1, -0.05) is 12.8 Å². The largest absolute Gasteiger partial charge is 0.357 e. The monoisotopic (exact) mass is 515 g/mol. The molecular formula is C20H34IN7O. The summed E-state index contributed by atoms with van der Waals surface area (Å²) in [5.74, 6) is 1.91. The molecule has 0 unspecified atom stereocenters. The molecule has 2 heterocycles. The summed E-state index contributed by atoms with van der Waals surface area (Å²) >= 11 is 0. The van der Waals surface area contributed by atoms with Crippen LogP contribution in [-0.2, 0) is 4.79 Å². The number of anilines is 1. The molecule has 8 nitrogen and oxygen atoms in total. The zero-order chi connectivity index (χ0) is 20.0. The maximum absolute atomic E-state index is 12.8. The molecule has 1 saturated carbocycles. The fourth-order valence-electron chi connectivity index (χ4n) is 4.19. The molecule has 0 atom stereocenters. The predicted octanol–water partition coefficient (Wildman–Crippen LogP) is 1.83. The van der Waals surface area contributed by atoms with E-state index in [1.807, 2.05) is 20.2 Å². The summed E-state index contributed by atoms with van der Waals surface area (Å²) in [6, 6.07) is 1.84. The Kier molecular flexibility index (Phi) is 8.91. The predicted molar refractivity (Wildman–Crippen MR) is 127 cm³/mol. The van der Waals surface area contributed by atoms with E-state index in [-0.39, 0.29) is 35.3 Å². The van der Waals surface area contributed by atoms with Crippen LogP contribution in [0.15, 0.2) is 23.5 Å². The topological polar surface area (TPSA) is 77.0 Å². The summed E-state index contributed by atoms with van der Waals surface area (Å²) in [7, 11) is 3.70. The van der Waals surface area contributed by atoms with Crippen LogP contribution in [0.5, 0.6) is 0 Å². The minimum absolute atomic E-state index is 0. The molecule has 3 rings (SSSR count). The summed E-state index contributed by atoms with van der Waals surface area (Å²) < 4.78 is 0. The number of guanidine groups is 1. The lowest BCUT2D eigenvalue weighted by atomic mass is 9.85. The first-order valence-corrected chi connectivity index (χ1v) is 10.3. The molecule has 29 heavy (non-hydrogen) atoms. The first kappa shape index (κ1) is 23.6. The van der Waals surface area contributed by atoms with Crippen LogP contribution in [0, 0.1) is 5.41 Å². The standard InChI is InChI=1S/C20H33N7O.HI/c1-4-21-18(24-16-20(8-5-6-9-20)17(28)25(2)3)26-12-14-27(15-13-26)19-22-10-7-11-23-19;/h7,10-11H,4-6,8-9,12-16H2,1-3H3,(H,21,24);1H. The van der Waals surface area contributed by atoms with E-state index in [0.29, 0.717) is 6.54 Å². The number of hydrogen-bond donors (Lipinski definition) is 1. The smallest absolute Gasteiger partial charge is 0.230 e. The van der Waals surface area contributed by atoms with Crippen molar-refractivity contribution in [3.8, 4) is 0 Å². The van der Waals surface area contributed by atoms with Crippen molar-refractivity contribution in [3.05, 3.63) is 18.5 Å². The Morgan fingerprint density at radius 1 is 1.17 bits per heavy atom. The quantitative estimate of drug-likeness (QED) is 0.367. The number of aliphatic imine (C=N–C) groups is 1. The molecule has 162 valence electrons. The number of hydrogen-bond acceptors (Lipinski definition) is 5. The van der Waals surface area contributed by atoms with E-state index in [1.165, 1.54) is 0 Å². The zero-order valence-corrected chi connectivity index (χ0v) is 20.1. The number of amides is 1. The van der Waals surface area contributed by atoms with Gasteiger partial charge in [0.1, 0.15) is 0 Å². The third-order valence-electron chi connectivity index (χ3n) is 5.70. The Morgan fingerprint density at radius 2 is 1.79 bits per heavy atom. The first-order chi connectivity index (χ1) is 13.6. The molecule has 2 aliphatic rings. The SMILES string of the molecule is CCNC(=NCC1(C(=O)N(C)C)CCCC1)N1CCN(c2ncccn2)CC1.I. The third-order valence-corrected chi connectivity index (χ3v) is 5.70. The lowest BCUT2D eigenvalue weighted by Gasteiger charge is -2.37. The van der Waals surface area contributed by atoms with Crippen LogP contribution >= 0.6 is 24.0 Å². The second-order valence-corrected chi connectivity index (χ2v) is 7.88. The van der Waals surface area contributed by atoms with Crippen LogP contribution in [-0.4, -0.2) is 85.0 Å². The minimum Gasteiger partial charge on any atom is -0.357 e. The van der Waals surface area contributed by atoms with Gasteiger partial charge in [0.2, 0.25) is 11.9 Å². The summed E-state index contributed by atoms with van der Waals surface area (Å²) in [5, 5.41) is 3.42. The number of piperazine rings is 1. The van der Waals surface area contributed by atoms with Crippen molar-refractivity contribution in [2.75, 3.05) is 58.3 Å². The maximum atomic E-state index is 12.8. The van der Waals surface area contributed by atoms with Gasteiger partial charge in [0.05, 0.1) is 12.0 Å². The number of nitrogens with zero attached hydrogens (tertiary/aromatic N) is 6. The average molecular weight is 515 g/mol. The molecule has 1 aromatic rings. The Bertz CT molecular complexity index is 669. The van der Waals surface area contributed by atoms with Crippen LogP contribution < -0.4 is 10.2 Å². The van der Waals surface area contributed by atoms with Gasteiger partial charge < -0.3 is 20.0 Å². The molecular weight excluding hydrogens is 481 g/mol. The summed E-state index contributed by atoms with van der Waals surface area (Å²) in [6.45, 7) is 6.90. The van der Waals surface area contributed by atoms with Crippen molar-refractivity contribution in [1.29, 1.82) is 0 Å². The number of nitrogens with one attached hydrogen (secondary N) is 1. The van der Waals surface area contributed by atoms with E-state index in [1.54, 1.807) is 17.3 Å². The van der Waals surface area contributed by atoms with Crippen molar-refractivity contribution in [3.63, 3.8) is 0 Å². The average Bonchev–Trinajstić information content (AvgIpc) is 3.21. The van der Waals surface area contributed by atoms with E-state index >= 15 is 0 Å². The highest BCUT2D eigenvalue weighted by molar-refractivity contribution is 14.0. The van der Waals surface area contributed by atoms with Gasteiger partial charge in [-0.3, -0.25) is 9.79 Å². The Balaban J connectivity index is 0.00000300. The molecule has 9 heteroatoms. The van der Waals surface area contributed by atoms with E-state index in [9.17, 15) is 4.79 Å². The number of aromatic nitrogens is 2. The first-order valence-electron chi connectivity index (χ1n) is 10.3. The maximum Gasteiger partial charge on any atom is 0.230 e. The Morgan fingerprint density at radius 3 is 2.34 bits per heavy atom. The molecule has 1 aliphatic carbocycles. The third kappa shape index (κ3) is 5.70. The molecule has 0 radical (unpaired) electrons. The molecule has 1 aliphatic heterocycles. The molecule has 1 N–H and O–H groups in total. The van der Waals surface area contributed by atoms with Crippen LogP contribution in [0.25, 0.3) is 0 Å². The lowest BCUT2D eigenvalue weighted by Crippen LogP contribution is -2.53. The Labute approximate surface area is 191 Å². The van der Waals surface area contributed by atoms with Crippen molar-refractivity contribution in [2.45, 2.75) is 32.6 Å². The van der Waals surface area contributed by atoms with Gasteiger partial charge >= 0.3 is 0 Å². The van der Waals surface area contributed by atoms with Gasteiger partial charge in [-0.2, -0.15) is 0 Å². The molecule has 0 aromatic carbocycles. The van der Waals surface area contributed by atoms with E-state index < -0.39 is 0 Å². The van der Waals surface area contributed by atoms with Crippen LogP contribution in [0.1, 0.15) is 32.6 Å². The molecule has 2 fully saturated rings. The lowest BCUT2D eigenvalue weighted by molar-refractivity contribution is -0.138. The van der Waals surface area contributed by atoms with Gasteiger partial charge in [0, 0.05) is 59.2 Å². The van der Waals surface area contributed by atoms with Crippen molar-refractivity contribution in [1.82, 2.24) is 25.1 Å². The second-order valence-electron chi connectivity index (χ2n) is 7.88. The van der Waals surface area contributed by atoms with Crippen LogP contribution in [0.2, 0.25) is 0 Å². The van der Waals surface area contributed by atoms with Gasteiger partial charge in [0.25, 0.3) is 0 Å². The number of halogens is 1. The fraction of sp³-hybridized carbons (Fsp3) is 0.700. The van der Waals surface area contributed by atoms with Gasteiger partial charge in [-0.15, -0.1) is 24.0 Å². The normalized spacial score (nSPS) is 18.9. The Hall–Kier alpha value is -1.65. The minimum atomic E-state index is -0.329. The zero-order valence-electron chi connectivity index (χ0n) is 17.8. The molecule has 1 aromatic heterocycles. The fourth-order valence-corrected chi connectivity index (χ4v) is 4.19. The van der Waals surface area contributed by atoms with Gasteiger partial charge in [0.15, 0.2) is 5.96 Å². The molecule has 1 saturated heterocycles. The van der Waals surface area contributed by atoms with E-state index in [4.69, 9.17) is 4.99 Å². The van der Waals surface area contributed by atoms with Crippen molar-refractivity contribution < 1.29 is 4.79 Å². The summed E-state index contributed by atoms with van der Waals surface area (Å²) in [5.41, 5.74) is -0.329. The van der Waals surface area contributed by atoms with E-state index in [2.05, 4.69) is 32.0 Å². The molecule has 1 amide bonds. The summed E-state index contributed by atoms with van der Waals surface area (Å²) in [4.78, 5) is 32.7. The molecule has 0 spiro atoms. The second kappa shape index (κ2) is 10.9. The van der Waals surface area contributed by atoms with Gasteiger partial charge in [-0.05, 0) is 25.8 Å². The number of carbonyl (C=O) groups is 1. The summed E-state index contributed by atoms with van der Waals surface area (Å²) in [6.07, 6.45) is 7.66. The van der Waals surface area contributed by atoms with Crippen molar-refractivity contribution >= 4 is 41.8 Å². The number of carbonyl (C=O) groups excluding carboxylic acids is 1. The van der Waals surface area contributed by atoms with Crippen LogP contribution in [0.4, 0.5) is 5.95 Å². The highest BCUT2D eigenvalue weighted by atomic mass is 127. The highest BCUT2D eigenvalue weighted by Gasteiger charge is 2.42.